The SMILES string of the molecule is O=C1NC(=S)N(c2ccc(Oc3ccccc3)cc2)C(=O)/C1=C/c1ccc(-c2ccc(C(F)(F)F)cc2)cc1. The zero-order chi connectivity index (χ0) is 27.6. The van der Waals surface area contributed by atoms with Crippen LogP contribution in [-0.4, -0.2) is 16.9 Å². The second-order valence-corrected chi connectivity index (χ2v) is 8.95. The summed E-state index contributed by atoms with van der Waals surface area (Å²) in [4.78, 5) is 27.2. The van der Waals surface area contributed by atoms with E-state index in [1.807, 2.05) is 30.3 Å². The van der Waals surface area contributed by atoms with Crippen molar-refractivity contribution in [3.63, 3.8) is 0 Å². The number of nitrogens with zero attached hydrogens (tertiary/aromatic N) is 1. The monoisotopic (exact) mass is 544 g/mol. The van der Waals surface area contributed by atoms with Crippen LogP contribution in [0.15, 0.2) is 109 Å². The number of halogens is 3. The predicted molar refractivity (Wildman–Crippen MR) is 146 cm³/mol. The lowest BCUT2D eigenvalue weighted by Gasteiger charge is -2.29. The van der Waals surface area contributed by atoms with Gasteiger partial charge in [0.2, 0.25) is 0 Å². The topological polar surface area (TPSA) is 58.6 Å². The summed E-state index contributed by atoms with van der Waals surface area (Å²) in [6.07, 6.45) is -2.97. The van der Waals surface area contributed by atoms with Crippen molar-refractivity contribution in [1.82, 2.24) is 5.32 Å². The van der Waals surface area contributed by atoms with E-state index >= 15 is 0 Å². The van der Waals surface area contributed by atoms with Gasteiger partial charge in [-0.25, -0.2) is 0 Å². The summed E-state index contributed by atoms with van der Waals surface area (Å²) in [6.45, 7) is 0. The number of thiocarbonyl (C=S) groups is 1. The average Bonchev–Trinajstić information content (AvgIpc) is 2.92. The molecule has 0 unspecified atom stereocenters. The Hall–Kier alpha value is -4.76. The van der Waals surface area contributed by atoms with Gasteiger partial charge in [-0.2, -0.15) is 13.2 Å². The van der Waals surface area contributed by atoms with Crippen LogP contribution in [0, 0.1) is 0 Å². The van der Waals surface area contributed by atoms with Crippen molar-refractivity contribution < 1.29 is 27.5 Å². The average molecular weight is 545 g/mol. The number of ether oxygens (including phenoxy) is 1. The number of anilines is 1. The Bertz CT molecular complexity index is 1570. The van der Waals surface area contributed by atoms with Crippen LogP contribution in [0.2, 0.25) is 0 Å². The quantitative estimate of drug-likeness (QED) is 0.167. The Balaban J connectivity index is 1.35. The molecule has 194 valence electrons. The highest BCUT2D eigenvalue weighted by molar-refractivity contribution is 7.80. The molecule has 1 aliphatic heterocycles. The minimum atomic E-state index is -4.41. The number of carbonyl (C=O) groups is 2. The van der Waals surface area contributed by atoms with E-state index in [-0.39, 0.29) is 10.7 Å². The van der Waals surface area contributed by atoms with Gasteiger partial charge >= 0.3 is 6.18 Å². The largest absolute Gasteiger partial charge is 0.457 e. The fourth-order valence-corrected chi connectivity index (χ4v) is 4.25. The van der Waals surface area contributed by atoms with E-state index in [2.05, 4.69) is 5.32 Å². The predicted octanol–water partition coefficient (Wildman–Crippen LogP) is 7.00. The summed E-state index contributed by atoms with van der Waals surface area (Å²) in [7, 11) is 0. The van der Waals surface area contributed by atoms with Crippen molar-refractivity contribution in [3.05, 3.63) is 120 Å². The Morgan fingerprint density at radius 2 is 1.31 bits per heavy atom. The third-order valence-electron chi connectivity index (χ3n) is 5.94. The minimum Gasteiger partial charge on any atom is -0.457 e. The summed E-state index contributed by atoms with van der Waals surface area (Å²) in [5.41, 5.74) is 1.46. The Labute approximate surface area is 227 Å². The molecular formula is C30H19F3N2O3S. The third kappa shape index (κ3) is 5.73. The fourth-order valence-electron chi connectivity index (χ4n) is 3.97. The van der Waals surface area contributed by atoms with E-state index in [0.29, 0.717) is 33.9 Å². The first-order chi connectivity index (χ1) is 18.7. The Morgan fingerprint density at radius 3 is 1.90 bits per heavy atom. The molecule has 4 aromatic rings. The van der Waals surface area contributed by atoms with Crippen molar-refractivity contribution in [2.75, 3.05) is 4.90 Å². The van der Waals surface area contributed by atoms with Crippen molar-refractivity contribution in [3.8, 4) is 22.6 Å². The molecule has 2 amide bonds. The number of benzene rings is 4. The third-order valence-corrected chi connectivity index (χ3v) is 6.23. The van der Waals surface area contributed by atoms with Gasteiger partial charge in [0.15, 0.2) is 5.11 Å². The molecule has 39 heavy (non-hydrogen) atoms. The molecule has 1 fully saturated rings. The van der Waals surface area contributed by atoms with Crippen LogP contribution in [-0.2, 0) is 15.8 Å². The molecule has 5 rings (SSSR count). The van der Waals surface area contributed by atoms with E-state index in [1.54, 1.807) is 48.5 Å². The van der Waals surface area contributed by atoms with E-state index in [4.69, 9.17) is 17.0 Å². The maximum Gasteiger partial charge on any atom is 0.416 e. The maximum absolute atomic E-state index is 13.3. The number of rotatable bonds is 5. The zero-order valence-electron chi connectivity index (χ0n) is 20.1. The summed E-state index contributed by atoms with van der Waals surface area (Å²) in [5, 5.41) is 2.50. The zero-order valence-corrected chi connectivity index (χ0v) is 20.9. The molecular weight excluding hydrogens is 525 g/mol. The molecule has 1 saturated heterocycles. The summed E-state index contributed by atoms with van der Waals surface area (Å²) < 4.78 is 44.3. The van der Waals surface area contributed by atoms with Gasteiger partial charge in [0.05, 0.1) is 11.3 Å². The fraction of sp³-hybridized carbons (Fsp3) is 0.0333. The first-order valence-corrected chi connectivity index (χ1v) is 12.1. The molecule has 0 aliphatic carbocycles. The summed E-state index contributed by atoms with van der Waals surface area (Å²) >= 11 is 5.27. The molecule has 0 bridgehead atoms. The van der Waals surface area contributed by atoms with E-state index in [9.17, 15) is 22.8 Å². The van der Waals surface area contributed by atoms with Crippen molar-refractivity contribution in [1.29, 1.82) is 0 Å². The van der Waals surface area contributed by atoms with Crippen molar-refractivity contribution >= 4 is 40.9 Å². The highest BCUT2D eigenvalue weighted by Crippen LogP contribution is 2.31. The summed E-state index contributed by atoms with van der Waals surface area (Å²) in [6, 6.07) is 27.5. The molecule has 4 aromatic carbocycles. The van der Waals surface area contributed by atoms with Crippen LogP contribution >= 0.6 is 12.2 Å². The molecule has 0 spiro atoms. The molecule has 0 aromatic heterocycles. The summed E-state index contributed by atoms with van der Waals surface area (Å²) in [5.74, 6) is 0.00861. The highest BCUT2D eigenvalue weighted by Gasteiger charge is 2.34. The standard InChI is InChI=1S/C30H19F3N2O3S/c31-30(32,33)22-12-10-21(11-13-22)20-8-6-19(7-9-20)18-26-27(36)34-29(39)35(28(26)37)23-14-16-25(17-15-23)38-24-4-2-1-3-5-24/h1-18H,(H,34,36,39)/b26-18+. The van der Waals surface area contributed by atoms with E-state index < -0.39 is 23.6 Å². The molecule has 5 nitrogen and oxygen atoms in total. The van der Waals surface area contributed by atoms with Crippen LogP contribution < -0.4 is 15.0 Å². The molecule has 0 radical (unpaired) electrons. The van der Waals surface area contributed by atoms with Crippen molar-refractivity contribution in [2.45, 2.75) is 6.18 Å². The second kappa shape index (κ2) is 10.5. The van der Waals surface area contributed by atoms with Gasteiger partial charge in [-0.1, -0.05) is 54.6 Å². The Kier molecular flexibility index (Phi) is 7.00. The van der Waals surface area contributed by atoms with Crippen molar-refractivity contribution in [2.24, 2.45) is 0 Å². The highest BCUT2D eigenvalue weighted by atomic mass is 32.1. The number of alkyl halides is 3. The van der Waals surface area contributed by atoms with Gasteiger partial charge < -0.3 is 4.74 Å². The minimum absolute atomic E-state index is 0.0449. The van der Waals surface area contributed by atoms with Gasteiger partial charge in [0.1, 0.15) is 17.1 Å². The lowest BCUT2D eigenvalue weighted by molar-refractivity contribution is -0.137. The lowest BCUT2D eigenvalue weighted by Crippen LogP contribution is -2.54. The van der Waals surface area contributed by atoms with Crippen LogP contribution in [0.3, 0.4) is 0 Å². The molecule has 1 aliphatic rings. The molecule has 1 heterocycles. The van der Waals surface area contributed by atoms with Crippen LogP contribution in [0.5, 0.6) is 11.5 Å². The maximum atomic E-state index is 13.3. The number of carbonyl (C=O) groups excluding carboxylic acids is 2. The van der Waals surface area contributed by atoms with Crippen LogP contribution in [0.1, 0.15) is 11.1 Å². The first kappa shape index (κ1) is 25.9. The van der Waals surface area contributed by atoms with Gasteiger partial charge in [0, 0.05) is 0 Å². The van der Waals surface area contributed by atoms with E-state index in [0.717, 1.165) is 12.1 Å². The first-order valence-electron chi connectivity index (χ1n) is 11.7. The lowest BCUT2D eigenvalue weighted by atomic mass is 10.0. The van der Waals surface area contributed by atoms with Crippen LogP contribution in [0.25, 0.3) is 17.2 Å². The number of amides is 2. The van der Waals surface area contributed by atoms with Gasteiger partial charge in [-0.15, -0.1) is 0 Å². The number of nitrogens with one attached hydrogen (secondary N) is 1. The smallest absolute Gasteiger partial charge is 0.416 e. The van der Waals surface area contributed by atoms with Crippen LogP contribution in [0.4, 0.5) is 18.9 Å². The molecule has 1 N–H and O–H groups in total. The second-order valence-electron chi connectivity index (χ2n) is 8.56. The molecule has 0 saturated carbocycles. The Morgan fingerprint density at radius 1 is 0.744 bits per heavy atom. The normalized spacial score (nSPS) is 14.9. The molecule has 0 atom stereocenters. The number of para-hydroxylation sites is 1. The molecule has 9 heteroatoms. The number of hydrogen-bond acceptors (Lipinski definition) is 4. The van der Waals surface area contributed by atoms with Gasteiger partial charge in [-0.05, 0) is 83.5 Å². The van der Waals surface area contributed by atoms with Gasteiger partial charge in [0.25, 0.3) is 11.8 Å². The van der Waals surface area contributed by atoms with Gasteiger partial charge in [-0.3, -0.25) is 19.8 Å². The van der Waals surface area contributed by atoms with E-state index in [1.165, 1.54) is 23.1 Å². The number of hydrogen-bond donors (Lipinski definition) is 1.